The Bertz CT molecular complexity index is 474. The molecule has 0 aromatic heterocycles. The zero-order chi connectivity index (χ0) is 16.9. The van der Waals surface area contributed by atoms with Gasteiger partial charge in [0.15, 0.2) is 0 Å². The van der Waals surface area contributed by atoms with E-state index in [-0.39, 0.29) is 5.76 Å². The maximum atomic E-state index is 11.4. The lowest BCUT2D eigenvalue weighted by Gasteiger charge is -2.39. The van der Waals surface area contributed by atoms with Crippen molar-refractivity contribution in [3.05, 3.63) is 24.0 Å². The summed E-state index contributed by atoms with van der Waals surface area (Å²) >= 11 is 0. The molecule has 22 heavy (non-hydrogen) atoms. The van der Waals surface area contributed by atoms with Crippen LogP contribution in [0.1, 0.15) is 13.8 Å². The summed E-state index contributed by atoms with van der Waals surface area (Å²) in [5, 5.41) is 40.3. The van der Waals surface area contributed by atoms with Crippen molar-refractivity contribution in [2.24, 2.45) is 5.92 Å². The van der Waals surface area contributed by atoms with Crippen LogP contribution in [0.2, 0.25) is 0 Å². The lowest BCUT2D eigenvalue weighted by molar-refractivity contribution is -0.146. The van der Waals surface area contributed by atoms with Crippen molar-refractivity contribution in [2.45, 2.75) is 38.2 Å². The van der Waals surface area contributed by atoms with Gasteiger partial charge in [-0.25, -0.2) is 4.79 Å². The lowest BCUT2D eigenvalue weighted by Crippen LogP contribution is -2.57. The molecule has 5 atom stereocenters. The number of rotatable bonds is 6. The summed E-state index contributed by atoms with van der Waals surface area (Å²) < 4.78 is 5.21. The van der Waals surface area contributed by atoms with Crippen molar-refractivity contribution in [2.75, 3.05) is 6.61 Å². The van der Waals surface area contributed by atoms with Crippen LogP contribution in [0.25, 0.3) is 0 Å². The molecule has 0 aromatic carbocycles. The van der Waals surface area contributed by atoms with Gasteiger partial charge in [0.05, 0.1) is 12.6 Å². The van der Waals surface area contributed by atoms with Gasteiger partial charge in [0.2, 0.25) is 11.7 Å². The highest BCUT2D eigenvalue weighted by Gasteiger charge is 2.42. The summed E-state index contributed by atoms with van der Waals surface area (Å²) in [6.07, 6.45) is 0.322. The predicted molar refractivity (Wildman–Crippen MR) is 75.6 cm³/mol. The van der Waals surface area contributed by atoms with E-state index in [0.717, 1.165) is 0 Å². The number of aliphatic hydroxyl groups is 3. The SMILES string of the molecule is C/C=C/C1C=C(C(=O)O)OC([C@H](O)[C@H](O)CO)[C@@H]1NC(C)=O. The van der Waals surface area contributed by atoms with Crippen LogP contribution >= 0.6 is 0 Å². The highest BCUT2D eigenvalue weighted by Crippen LogP contribution is 2.27. The Morgan fingerprint density at radius 1 is 1.45 bits per heavy atom. The number of aliphatic carboxylic acids is 1. The molecule has 0 bridgehead atoms. The molecule has 0 aliphatic carbocycles. The Morgan fingerprint density at radius 2 is 2.09 bits per heavy atom. The van der Waals surface area contributed by atoms with Gasteiger partial charge in [-0.1, -0.05) is 12.2 Å². The monoisotopic (exact) mass is 315 g/mol. The second-order valence-corrected chi connectivity index (χ2v) is 4.99. The number of hydrogen-bond donors (Lipinski definition) is 5. The van der Waals surface area contributed by atoms with Crippen LogP contribution in [0, 0.1) is 5.92 Å². The van der Waals surface area contributed by atoms with Crippen molar-refractivity contribution < 1.29 is 34.8 Å². The third-order valence-corrected chi connectivity index (χ3v) is 3.29. The number of carbonyl (C=O) groups is 2. The number of carboxylic acids is 1. The van der Waals surface area contributed by atoms with E-state index in [4.69, 9.17) is 14.9 Å². The summed E-state index contributed by atoms with van der Waals surface area (Å²) in [5.41, 5.74) is 0. The van der Waals surface area contributed by atoms with Gasteiger partial charge in [0.25, 0.3) is 0 Å². The molecule has 1 heterocycles. The van der Waals surface area contributed by atoms with E-state index in [2.05, 4.69) is 5.32 Å². The van der Waals surface area contributed by atoms with Crippen molar-refractivity contribution in [3.8, 4) is 0 Å². The number of hydrogen-bond acceptors (Lipinski definition) is 6. The molecule has 124 valence electrons. The number of carboxylic acid groups (broad SMARTS) is 1. The minimum absolute atomic E-state index is 0.390. The molecule has 1 aliphatic rings. The summed E-state index contributed by atoms with van der Waals surface area (Å²) in [4.78, 5) is 22.5. The van der Waals surface area contributed by atoms with Crippen LogP contribution < -0.4 is 5.32 Å². The van der Waals surface area contributed by atoms with Crippen LogP contribution in [-0.4, -0.2) is 63.3 Å². The Balaban J connectivity index is 3.20. The zero-order valence-corrected chi connectivity index (χ0v) is 12.3. The maximum absolute atomic E-state index is 11.4. The van der Waals surface area contributed by atoms with Gasteiger partial charge in [-0.15, -0.1) is 0 Å². The number of ether oxygens (including phenoxy) is 1. The van der Waals surface area contributed by atoms with Gasteiger partial charge in [-0.2, -0.15) is 0 Å². The molecule has 0 fully saturated rings. The van der Waals surface area contributed by atoms with E-state index in [1.807, 2.05) is 0 Å². The first-order valence-electron chi connectivity index (χ1n) is 6.80. The van der Waals surface area contributed by atoms with Crippen molar-refractivity contribution in [1.82, 2.24) is 5.32 Å². The van der Waals surface area contributed by atoms with Crippen LogP contribution in [-0.2, 0) is 14.3 Å². The maximum Gasteiger partial charge on any atom is 0.370 e. The van der Waals surface area contributed by atoms with Crippen molar-refractivity contribution >= 4 is 11.9 Å². The zero-order valence-electron chi connectivity index (χ0n) is 12.3. The second-order valence-electron chi connectivity index (χ2n) is 4.99. The number of carbonyl (C=O) groups excluding carboxylic acids is 1. The molecular formula is C14H21NO7. The largest absolute Gasteiger partial charge is 0.478 e. The molecule has 1 aliphatic heterocycles. The third kappa shape index (κ3) is 4.30. The second kappa shape index (κ2) is 7.92. The normalized spacial score (nSPS) is 27.7. The Kier molecular flexibility index (Phi) is 6.54. The molecular weight excluding hydrogens is 294 g/mol. The van der Waals surface area contributed by atoms with E-state index in [9.17, 15) is 19.8 Å². The number of amides is 1. The molecule has 1 amide bonds. The molecule has 0 aromatic rings. The minimum atomic E-state index is -1.57. The Labute approximate surface area is 127 Å². The first-order valence-corrected chi connectivity index (χ1v) is 6.80. The van der Waals surface area contributed by atoms with Crippen LogP contribution in [0.15, 0.2) is 24.0 Å². The molecule has 0 saturated carbocycles. The molecule has 1 rings (SSSR count). The molecule has 8 nitrogen and oxygen atoms in total. The quantitative estimate of drug-likeness (QED) is 0.387. The van der Waals surface area contributed by atoms with Crippen molar-refractivity contribution in [1.29, 1.82) is 0 Å². The van der Waals surface area contributed by atoms with Gasteiger partial charge in [0, 0.05) is 12.8 Å². The summed E-state index contributed by atoms with van der Waals surface area (Å²) in [5.74, 6) is -2.66. The smallest absolute Gasteiger partial charge is 0.370 e. The van der Waals surface area contributed by atoms with Gasteiger partial charge < -0.3 is 30.5 Å². The van der Waals surface area contributed by atoms with Crippen LogP contribution in [0.5, 0.6) is 0 Å². The standard InChI is InChI=1S/C14H21NO7/c1-3-4-8-5-10(14(20)21)22-13(11(8)15-7(2)17)12(19)9(18)6-16/h3-5,8-9,11-13,16,18-19H,6H2,1-2H3,(H,15,17)(H,20,21)/b4-3+/t8?,9-,11-,12-,13?/m1/s1. The first-order chi connectivity index (χ1) is 10.3. The van der Waals surface area contributed by atoms with Gasteiger partial charge in [0.1, 0.15) is 18.3 Å². The summed E-state index contributed by atoms with van der Waals surface area (Å²) in [6, 6.07) is -0.784. The average Bonchev–Trinajstić information content (AvgIpc) is 2.46. The molecule has 5 N–H and O–H groups in total. The molecule has 0 spiro atoms. The lowest BCUT2D eigenvalue weighted by atomic mass is 9.87. The fraction of sp³-hybridized carbons (Fsp3) is 0.571. The topological polar surface area (TPSA) is 136 Å². The van der Waals surface area contributed by atoms with E-state index in [1.165, 1.54) is 13.0 Å². The first kappa shape index (κ1) is 18.1. The average molecular weight is 315 g/mol. The number of nitrogens with one attached hydrogen (secondary N) is 1. The van der Waals surface area contributed by atoms with E-state index in [0.29, 0.717) is 0 Å². The third-order valence-electron chi connectivity index (χ3n) is 3.29. The number of aliphatic hydroxyl groups excluding tert-OH is 3. The fourth-order valence-corrected chi connectivity index (χ4v) is 2.30. The molecule has 0 radical (unpaired) electrons. The minimum Gasteiger partial charge on any atom is -0.478 e. The Hall–Kier alpha value is -1.90. The molecule has 8 heteroatoms. The van der Waals surface area contributed by atoms with E-state index >= 15 is 0 Å². The van der Waals surface area contributed by atoms with E-state index in [1.54, 1.807) is 19.1 Å². The van der Waals surface area contributed by atoms with Crippen LogP contribution in [0.3, 0.4) is 0 Å². The highest BCUT2D eigenvalue weighted by molar-refractivity contribution is 5.84. The molecule has 2 unspecified atom stereocenters. The van der Waals surface area contributed by atoms with E-state index < -0.39 is 48.8 Å². The number of allylic oxidation sites excluding steroid dienone is 1. The highest BCUT2D eigenvalue weighted by atomic mass is 16.5. The van der Waals surface area contributed by atoms with Gasteiger partial charge in [-0.05, 0) is 13.0 Å². The fourth-order valence-electron chi connectivity index (χ4n) is 2.30. The predicted octanol–water partition coefficient (Wildman–Crippen LogP) is -1.24. The summed E-state index contributed by atoms with van der Waals surface area (Å²) in [6.45, 7) is 2.27. The Morgan fingerprint density at radius 3 is 2.55 bits per heavy atom. The van der Waals surface area contributed by atoms with Crippen LogP contribution in [0.4, 0.5) is 0 Å². The van der Waals surface area contributed by atoms with Gasteiger partial charge >= 0.3 is 5.97 Å². The summed E-state index contributed by atoms with van der Waals surface area (Å²) in [7, 11) is 0. The molecule has 0 saturated heterocycles. The van der Waals surface area contributed by atoms with Gasteiger partial charge in [-0.3, -0.25) is 4.79 Å². The van der Waals surface area contributed by atoms with Crippen molar-refractivity contribution in [3.63, 3.8) is 0 Å².